The second-order valence-electron chi connectivity index (χ2n) is 9.61. The number of aryl methyl sites for hydroxylation is 1. The predicted octanol–water partition coefficient (Wildman–Crippen LogP) is 4.50. The Bertz CT molecular complexity index is 1240. The summed E-state index contributed by atoms with van der Waals surface area (Å²) in [5.74, 6) is -0.676. The summed E-state index contributed by atoms with van der Waals surface area (Å²) in [6.07, 6.45) is 0.0983. The van der Waals surface area contributed by atoms with Crippen molar-refractivity contribution in [3.05, 3.63) is 81.5 Å². The molecule has 1 aromatic heterocycles. The molecule has 0 saturated carbocycles. The highest BCUT2D eigenvalue weighted by Gasteiger charge is 2.35. The van der Waals surface area contributed by atoms with Gasteiger partial charge >= 0.3 is 0 Å². The van der Waals surface area contributed by atoms with E-state index in [-0.39, 0.29) is 29.6 Å². The molecule has 0 aliphatic carbocycles. The molecule has 1 unspecified atom stereocenters. The van der Waals surface area contributed by atoms with Gasteiger partial charge < -0.3 is 16.4 Å². The standard InChI is InChI=1S/C27H30N4O3S/c1-17-6-8-18(9-7-17)22-14-24(32)30-20-13-19(25(33)29-16-27(2,3)15-28)10-11-21(20)31(22)26(34)23-5-4-12-35-23/h4-13,22H,14-16,28H2,1-3H3,(H,29,33)(H,30,32). The topological polar surface area (TPSA) is 105 Å². The van der Waals surface area contributed by atoms with Crippen LogP contribution in [0.3, 0.4) is 0 Å². The van der Waals surface area contributed by atoms with Crippen LogP contribution in [0.15, 0.2) is 60.0 Å². The number of carbonyl (C=O) groups excluding carboxylic acids is 3. The fourth-order valence-electron chi connectivity index (χ4n) is 3.94. The highest BCUT2D eigenvalue weighted by molar-refractivity contribution is 7.12. The lowest BCUT2D eigenvalue weighted by Gasteiger charge is -2.30. The van der Waals surface area contributed by atoms with Crippen molar-refractivity contribution in [2.24, 2.45) is 11.1 Å². The Morgan fingerprint density at radius 3 is 2.57 bits per heavy atom. The van der Waals surface area contributed by atoms with E-state index in [1.165, 1.54) is 11.3 Å². The smallest absolute Gasteiger partial charge is 0.268 e. The maximum atomic E-state index is 13.7. The zero-order valence-corrected chi connectivity index (χ0v) is 20.9. The molecule has 1 aliphatic heterocycles. The van der Waals surface area contributed by atoms with E-state index in [9.17, 15) is 14.4 Å². The van der Waals surface area contributed by atoms with Crippen LogP contribution in [0.25, 0.3) is 0 Å². The summed E-state index contributed by atoms with van der Waals surface area (Å²) < 4.78 is 0. The molecule has 3 aromatic rings. The van der Waals surface area contributed by atoms with Crippen molar-refractivity contribution in [2.75, 3.05) is 23.3 Å². The second-order valence-corrected chi connectivity index (χ2v) is 10.6. The van der Waals surface area contributed by atoms with Crippen molar-refractivity contribution >= 4 is 40.4 Å². The molecular formula is C27H30N4O3S. The summed E-state index contributed by atoms with van der Waals surface area (Å²) in [4.78, 5) is 41.8. The summed E-state index contributed by atoms with van der Waals surface area (Å²) in [7, 11) is 0. The number of nitrogens with one attached hydrogen (secondary N) is 2. The number of anilines is 2. The third kappa shape index (κ3) is 5.44. The SMILES string of the molecule is Cc1ccc(C2CC(=O)Nc3cc(C(=O)NCC(C)(C)CN)ccc3N2C(=O)c2cccs2)cc1. The molecule has 4 rings (SSSR count). The average molecular weight is 491 g/mol. The first kappa shape index (κ1) is 24.6. The monoisotopic (exact) mass is 490 g/mol. The van der Waals surface area contributed by atoms with Crippen molar-refractivity contribution in [3.8, 4) is 0 Å². The first-order valence-corrected chi connectivity index (χ1v) is 12.4. The van der Waals surface area contributed by atoms with Crippen molar-refractivity contribution in [1.82, 2.24) is 5.32 Å². The van der Waals surface area contributed by atoms with Crippen molar-refractivity contribution in [1.29, 1.82) is 0 Å². The van der Waals surface area contributed by atoms with Gasteiger partial charge in [-0.2, -0.15) is 0 Å². The van der Waals surface area contributed by atoms with E-state index in [1.807, 2.05) is 56.5 Å². The Morgan fingerprint density at radius 2 is 1.91 bits per heavy atom. The van der Waals surface area contributed by atoms with Gasteiger partial charge in [0.05, 0.1) is 28.7 Å². The van der Waals surface area contributed by atoms with Gasteiger partial charge in [-0.1, -0.05) is 49.7 Å². The number of nitrogens with two attached hydrogens (primary N) is 1. The lowest BCUT2D eigenvalue weighted by Crippen LogP contribution is -2.38. The number of hydrogen-bond donors (Lipinski definition) is 3. The van der Waals surface area contributed by atoms with Crippen LogP contribution < -0.4 is 21.3 Å². The molecule has 1 aliphatic rings. The van der Waals surface area contributed by atoms with Crippen molar-refractivity contribution in [3.63, 3.8) is 0 Å². The zero-order chi connectivity index (χ0) is 25.2. The Labute approximate surface area is 209 Å². The third-order valence-electron chi connectivity index (χ3n) is 6.18. The molecule has 35 heavy (non-hydrogen) atoms. The maximum Gasteiger partial charge on any atom is 0.268 e. The molecule has 3 amide bonds. The first-order valence-electron chi connectivity index (χ1n) is 11.5. The molecular weight excluding hydrogens is 460 g/mol. The number of hydrogen-bond acceptors (Lipinski definition) is 5. The van der Waals surface area contributed by atoms with Gasteiger partial charge in [-0.15, -0.1) is 11.3 Å². The number of amides is 3. The quantitative estimate of drug-likeness (QED) is 0.473. The number of rotatable bonds is 6. The van der Waals surface area contributed by atoms with Crippen LogP contribution in [0, 0.1) is 12.3 Å². The van der Waals surface area contributed by atoms with Crippen molar-refractivity contribution < 1.29 is 14.4 Å². The molecule has 8 heteroatoms. The number of fused-ring (bicyclic) bond motifs is 1. The summed E-state index contributed by atoms with van der Waals surface area (Å²) in [6, 6.07) is 16.0. The fourth-order valence-corrected chi connectivity index (χ4v) is 4.60. The van der Waals surface area contributed by atoms with E-state index in [0.717, 1.165) is 11.1 Å². The van der Waals surface area contributed by atoms with Crippen LogP contribution >= 0.6 is 11.3 Å². The minimum Gasteiger partial charge on any atom is -0.351 e. The van der Waals surface area contributed by atoms with E-state index in [4.69, 9.17) is 5.73 Å². The molecule has 2 heterocycles. The first-order chi connectivity index (χ1) is 16.7. The molecule has 0 saturated heterocycles. The fraction of sp³-hybridized carbons (Fsp3) is 0.296. The van der Waals surface area contributed by atoms with Crippen LogP contribution in [0.2, 0.25) is 0 Å². The summed E-state index contributed by atoms with van der Waals surface area (Å²) in [6.45, 7) is 6.81. The molecule has 0 radical (unpaired) electrons. The Kier molecular flexibility index (Phi) is 7.05. The highest BCUT2D eigenvalue weighted by atomic mass is 32.1. The third-order valence-corrected chi connectivity index (χ3v) is 7.03. The van der Waals surface area contributed by atoms with Gasteiger partial charge in [0, 0.05) is 12.1 Å². The van der Waals surface area contributed by atoms with Crippen molar-refractivity contribution in [2.45, 2.75) is 33.2 Å². The van der Waals surface area contributed by atoms with E-state index >= 15 is 0 Å². The van der Waals surface area contributed by atoms with Gasteiger partial charge in [0.2, 0.25) is 5.91 Å². The van der Waals surface area contributed by atoms with E-state index in [0.29, 0.717) is 34.9 Å². The van der Waals surface area contributed by atoms with Gasteiger partial charge in [0.1, 0.15) is 0 Å². The minimum absolute atomic E-state index is 0.0983. The average Bonchev–Trinajstić information content (AvgIpc) is 3.33. The van der Waals surface area contributed by atoms with E-state index in [1.54, 1.807) is 29.2 Å². The van der Waals surface area contributed by atoms with Crippen LogP contribution in [0.5, 0.6) is 0 Å². The predicted molar refractivity (Wildman–Crippen MR) is 140 cm³/mol. The molecule has 0 fully saturated rings. The number of thiophene rings is 1. The highest BCUT2D eigenvalue weighted by Crippen LogP contribution is 2.40. The van der Waals surface area contributed by atoms with Crippen LogP contribution in [-0.4, -0.2) is 30.8 Å². The van der Waals surface area contributed by atoms with Crippen LogP contribution in [0.4, 0.5) is 11.4 Å². The Morgan fingerprint density at radius 1 is 1.17 bits per heavy atom. The molecule has 0 spiro atoms. The summed E-state index contributed by atoms with van der Waals surface area (Å²) in [5.41, 5.74) is 8.88. The van der Waals surface area contributed by atoms with Crippen LogP contribution in [-0.2, 0) is 4.79 Å². The molecule has 7 nitrogen and oxygen atoms in total. The normalized spacial score (nSPS) is 15.7. The van der Waals surface area contributed by atoms with Gasteiger partial charge in [-0.05, 0) is 54.1 Å². The number of nitrogens with zero attached hydrogens (tertiary/aromatic N) is 1. The van der Waals surface area contributed by atoms with Gasteiger partial charge in [0.15, 0.2) is 0 Å². The van der Waals surface area contributed by atoms with Gasteiger partial charge in [-0.3, -0.25) is 19.3 Å². The zero-order valence-electron chi connectivity index (χ0n) is 20.1. The van der Waals surface area contributed by atoms with Gasteiger partial charge in [-0.25, -0.2) is 0 Å². The number of benzene rings is 2. The minimum atomic E-state index is -0.489. The number of carbonyl (C=O) groups is 3. The van der Waals surface area contributed by atoms with E-state index in [2.05, 4.69) is 10.6 Å². The summed E-state index contributed by atoms with van der Waals surface area (Å²) >= 11 is 1.35. The Hall–Kier alpha value is -3.49. The summed E-state index contributed by atoms with van der Waals surface area (Å²) in [5, 5.41) is 7.68. The molecule has 2 aromatic carbocycles. The molecule has 0 bridgehead atoms. The molecule has 4 N–H and O–H groups in total. The van der Waals surface area contributed by atoms with Crippen LogP contribution in [0.1, 0.15) is 57.5 Å². The second kappa shape index (κ2) is 10.0. The lowest BCUT2D eigenvalue weighted by molar-refractivity contribution is -0.116. The largest absolute Gasteiger partial charge is 0.351 e. The Balaban J connectivity index is 1.75. The maximum absolute atomic E-state index is 13.7. The molecule has 1 atom stereocenters. The molecule has 182 valence electrons. The van der Waals surface area contributed by atoms with Gasteiger partial charge in [0.25, 0.3) is 11.8 Å². The van der Waals surface area contributed by atoms with E-state index < -0.39 is 6.04 Å². The lowest BCUT2D eigenvalue weighted by atomic mass is 9.94.